The summed E-state index contributed by atoms with van der Waals surface area (Å²) in [6, 6.07) is 18.1. The van der Waals surface area contributed by atoms with Crippen LogP contribution in [0, 0.1) is 0 Å². The van der Waals surface area contributed by atoms with Crippen LogP contribution in [0.3, 0.4) is 0 Å². The molecule has 0 radical (unpaired) electrons. The monoisotopic (exact) mass is 420 g/mol. The lowest BCUT2D eigenvalue weighted by atomic mass is 9.98. The second-order valence-corrected chi connectivity index (χ2v) is 7.56. The van der Waals surface area contributed by atoms with E-state index in [-0.39, 0.29) is 5.91 Å². The van der Waals surface area contributed by atoms with Crippen LogP contribution in [0.15, 0.2) is 60.9 Å². The van der Waals surface area contributed by atoms with Gasteiger partial charge in [-0.25, -0.2) is 4.98 Å². The molecule has 2 heterocycles. The highest BCUT2D eigenvalue weighted by atomic mass is 35.5. The van der Waals surface area contributed by atoms with E-state index >= 15 is 0 Å². The summed E-state index contributed by atoms with van der Waals surface area (Å²) < 4.78 is 0. The first kappa shape index (κ1) is 17.9. The zero-order chi connectivity index (χ0) is 20.0. The van der Waals surface area contributed by atoms with E-state index in [1.54, 1.807) is 0 Å². The molecule has 3 aromatic carbocycles. The predicted octanol–water partition coefficient (Wildman–Crippen LogP) is 5.61. The summed E-state index contributed by atoms with van der Waals surface area (Å²) in [6.45, 7) is 0. The summed E-state index contributed by atoms with van der Waals surface area (Å²) in [5.41, 5.74) is 6.40. The molecular weight excluding hydrogens is 407 g/mol. The summed E-state index contributed by atoms with van der Waals surface area (Å²) in [5.74, 6) is 0.669. The number of anilines is 1. The molecule has 2 N–H and O–H groups in total. The van der Waals surface area contributed by atoms with Gasteiger partial charge in [0, 0.05) is 11.1 Å². The van der Waals surface area contributed by atoms with Gasteiger partial charge in [0.05, 0.1) is 22.2 Å². The van der Waals surface area contributed by atoms with E-state index in [2.05, 4.69) is 20.5 Å². The molecule has 0 saturated carbocycles. The van der Waals surface area contributed by atoms with E-state index in [0.29, 0.717) is 22.2 Å². The van der Waals surface area contributed by atoms with Crippen LogP contribution >= 0.6 is 23.2 Å². The highest BCUT2D eigenvalue weighted by Crippen LogP contribution is 2.43. The predicted molar refractivity (Wildman–Crippen MR) is 115 cm³/mol. The van der Waals surface area contributed by atoms with Crippen molar-refractivity contribution in [2.75, 3.05) is 5.32 Å². The van der Waals surface area contributed by atoms with Crippen LogP contribution < -0.4 is 5.32 Å². The fraction of sp³-hybridized carbons (Fsp3) is 0.0455. The number of fused-ring (bicyclic) bond motifs is 1. The van der Waals surface area contributed by atoms with Gasteiger partial charge in [-0.05, 0) is 28.3 Å². The summed E-state index contributed by atoms with van der Waals surface area (Å²) >= 11 is 12.9. The number of aromatic amines is 1. The first-order valence-corrected chi connectivity index (χ1v) is 9.73. The molecule has 5 rings (SSSR count). The largest absolute Gasteiger partial charge is 0.324 e. The smallest absolute Gasteiger partial charge is 0.228 e. The molecule has 1 aliphatic rings. The van der Waals surface area contributed by atoms with E-state index in [9.17, 15) is 4.79 Å². The zero-order valence-electron chi connectivity index (χ0n) is 15.0. The normalized spacial score (nSPS) is 12.7. The third kappa shape index (κ3) is 3.18. The molecule has 0 saturated heterocycles. The lowest BCUT2D eigenvalue weighted by Gasteiger charge is -2.11. The number of nitrogens with zero attached hydrogens (tertiary/aromatic N) is 2. The van der Waals surface area contributed by atoms with Crippen molar-refractivity contribution in [2.24, 2.45) is 0 Å². The molecule has 1 amide bonds. The second kappa shape index (κ2) is 7.03. The Bertz CT molecular complexity index is 1220. The Morgan fingerprint density at radius 3 is 2.07 bits per heavy atom. The number of hydrogen-bond acceptors (Lipinski definition) is 3. The average Bonchev–Trinajstić information content (AvgIpc) is 3.41. The lowest BCUT2D eigenvalue weighted by Crippen LogP contribution is -2.03. The Morgan fingerprint density at radius 1 is 0.828 bits per heavy atom. The van der Waals surface area contributed by atoms with Crippen molar-refractivity contribution >= 4 is 34.8 Å². The Hall–Kier alpha value is -3.15. The van der Waals surface area contributed by atoms with Gasteiger partial charge in [-0.3, -0.25) is 9.89 Å². The number of carbonyl (C=O) groups excluding carboxylic acids is 1. The number of rotatable bonds is 3. The van der Waals surface area contributed by atoms with E-state index in [1.165, 1.54) is 6.33 Å². The number of H-pyrrole nitrogens is 1. The Morgan fingerprint density at radius 2 is 1.45 bits per heavy atom. The fourth-order valence-corrected chi connectivity index (χ4v) is 4.06. The van der Waals surface area contributed by atoms with Crippen LogP contribution in [-0.4, -0.2) is 21.1 Å². The molecule has 0 unspecified atom stereocenters. The number of nitrogens with one attached hydrogen (secondary N) is 2. The average molecular weight is 421 g/mol. The second-order valence-electron chi connectivity index (χ2n) is 6.80. The molecule has 1 aliphatic heterocycles. The highest BCUT2D eigenvalue weighted by molar-refractivity contribution is 6.46. The molecule has 29 heavy (non-hydrogen) atoms. The van der Waals surface area contributed by atoms with Crippen LogP contribution in [-0.2, 0) is 11.2 Å². The highest BCUT2D eigenvalue weighted by Gasteiger charge is 2.24. The fourth-order valence-electron chi connectivity index (χ4n) is 3.53. The quantitative estimate of drug-likeness (QED) is 0.452. The maximum absolute atomic E-state index is 11.7. The first-order chi connectivity index (χ1) is 14.1. The third-order valence-electron chi connectivity index (χ3n) is 5.01. The molecule has 142 valence electrons. The molecule has 0 aliphatic carbocycles. The number of hydrogen-bond donors (Lipinski definition) is 2. The SMILES string of the molecule is O=C1Cc2cc(-c3ccc(-c4ccc(-c5ncn[nH]5)cc4)cc3)c(Cl)c(Cl)c2N1. The molecule has 0 bridgehead atoms. The molecule has 0 fully saturated rings. The summed E-state index contributed by atoms with van der Waals surface area (Å²) in [4.78, 5) is 15.9. The van der Waals surface area contributed by atoms with Crippen molar-refractivity contribution in [1.82, 2.24) is 15.2 Å². The Balaban J connectivity index is 1.46. The molecular formula is C22H14Cl2N4O. The van der Waals surface area contributed by atoms with Gasteiger partial charge in [0.15, 0.2) is 5.82 Å². The van der Waals surface area contributed by atoms with E-state index in [0.717, 1.165) is 39.2 Å². The molecule has 1 aromatic heterocycles. The van der Waals surface area contributed by atoms with Crippen LogP contribution in [0.4, 0.5) is 5.69 Å². The van der Waals surface area contributed by atoms with Gasteiger partial charge in [-0.15, -0.1) is 0 Å². The van der Waals surface area contributed by atoms with Crippen LogP contribution in [0.25, 0.3) is 33.6 Å². The van der Waals surface area contributed by atoms with E-state index in [1.807, 2.05) is 54.6 Å². The van der Waals surface area contributed by atoms with Gasteiger partial charge >= 0.3 is 0 Å². The molecule has 0 atom stereocenters. The van der Waals surface area contributed by atoms with Crippen molar-refractivity contribution in [3.8, 4) is 33.6 Å². The van der Waals surface area contributed by atoms with Crippen molar-refractivity contribution in [2.45, 2.75) is 6.42 Å². The number of aromatic nitrogens is 3. The Labute approximate surface area is 176 Å². The molecule has 7 heteroatoms. The van der Waals surface area contributed by atoms with E-state index in [4.69, 9.17) is 23.2 Å². The van der Waals surface area contributed by atoms with Gasteiger partial charge in [-0.2, -0.15) is 5.10 Å². The molecule has 4 aromatic rings. The van der Waals surface area contributed by atoms with Crippen molar-refractivity contribution in [1.29, 1.82) is 0 Å². The summed E-state index contributed by atoms with van der Waals surface area (Å²) in [5, 5.41) is 10.3. The number of benzene rings is 3. The van der Waals surface area contributed by atoms with Crippen molar-refractivity contribution in [3.05, 3.63) is 76.5 Å². The van der Waals surface area contributed by atoms with Crippen LogP contribution in [0.1, 0.15) is 5.56 Å². The molecule has 5 nitrogen and oxygen atoms in total. The topological polar surface area (TPSA) is 70.7 Å². The van der Waals surface area contributed by atoms with Gasteiger partial charge in [0.2, 0.25) is 5.91 Å². The molecule has 0 spiro atoms. The zero-order valence-corrected chi connectivity index (χ0v) is 16.6. The van der Waals surface area contributed by atoms with Crippen LogP contribution in [0.5, 0.6) is 0 Å². The standard InChI is InChI=1S/C22H14Cl2N4O/c23-19-17(9-16-10-18(29)27-21(16)20(19)24)14-5-1-12(2-6-14)13-3-7-15(8-4-13)22-25-11-26-28-22/h1-9,11H,10H2,(H,27,29)(H,25,26,28). The minimum Gasteiger partial charge on any atom is -0.324 e. The first-order valence-electron chi connectivity index (χ1n) is 8.97. The van der Waals surface area contributed by atoms with Crippen LogP contribution in [0.2, 0.25) is 10.0 Å². The number of amides is 1. The lowest BCUT2D eigenvalue weighted by molar-refractivity contribution is -0.115. The van der Waals surface area contributed by atoms with Crippen molar-refractivity contribution < 1.29 is 4.79 Å². The van der Waals surface area contributed by atoms with Gasteiger partial charge in [0.1, 0.15) is 6.33 Å². The van der Waals surface area contributed by atoms with Gasteiger partial charge < -0.3 is 5.32 Å². The minimum atomic E-state index is -0.0701. The summed E-state index contributed by atoms with van der Waals surface area (Å²) in [6.07, 6.45) is 1.80. The minimum absolute atomic E-state index is 0.0701. The third-order valence-corrected chi connectivity index (χ3v) is 5.87. The summed E-state index contributed by atoms with van der Waals surface area (Å²) in [7, 11) is 0. The van der Waals surface area contributed by atoms with E-state index < -0.39 is 0 Å². The maximum Gasteiger partial charge on any atom is 0.228 e. The number of halogens is 2. The Kier molecular flexibility index (Phi) is 4.34. The number of carbonyl (C=O) groups is 1. The van der Waals surface area contributed by atoms with Crippen molar-refractivity contribution in [3.63, 3.8) is 0 Å². The maximum atomic E-state index is 11.7. The van der Waals surface area contributed by atoms with Gasteiger partial charge in [0.25, 0.3) is 0 Å². The van der Waals surface area contributed by atoms with Gasteiger partial charge in [-0.1, -0.05) is 71.7 Å².